The topological polar surface area (TPSA) is 77.6 Å². The van der Waals surface area contributed by atoms with Gasteiger partial charge in [-0.1, -0.05) is 0 Å². The van der Waals surface area contributed by atoms with Crippen LogP contribution in [0.3, 0.4) is 0 Å². The minimum Gasteiger partial charge on any atom is -0.484 e. The second kappa shape index (κ2) is 6.16. The minimum absolute atomic E-state index is 0.00796. The average molecular weight is 313 g/mol. The monoisotopic (exact) mass is 313 g/mol. The Balaban J connectivity index is 1.72. The van der Waals surface area contributed by atoms with Crippen molar-refractivity contribution in [2.75, 3.05) is 13.2 Å². The lowest BCUT2D eigenvalue weighted by molar-refractivity contribution is -0.119. The lowest BCUT2D eigenvalue weighted by Crippen LogP contribution is -2.40. The Morgan fingerprint density at radius 3 is 2.65 bits per heavy atom. The summed E-state index contributed by atoms with van der Waals surface area (Å²) in [5.74, 6) is -0.0254. The fourth-order valence-electron chi connectivity index (χ4n) is 2.87. The number of nitrogens with zero attached hydrogens (tertiary/aromatic N) is 2. The zero-order valence-electron chi connectivity index (χ0n) is 12.9. The number of nitrogens with two attached hydrogens (primary N) is 1. The molecule has 0 saturated carbocycles. The van der Waals surface area contributed by atoms with Gasteiger partial charge in [0.05, 0.1) is 6.04 Å². The molecule has 3 rings (SSSR count). The van der Waals surface area contributed by atoms with Crippen molar-refractivity contribution in [3.63, 3.8) is 0 Å². The first-order valence-corrected chi connectivity index (χ1v) is 7.53. The molecule has 2 amide bonds. The van der Waals surface area contributed by atoms with Gasteiger partial charge in [0.15, 0.2) is 6.61 Å². The first kappa shape index (κ1) is 15.1. The van der Waals surface area contributed by atoms with Gasteiger partial charge in [0, 0.05) is 30.5 Å². The number of hydrogen-bond acceptors (Lipinski definition) is 3. The second-order valence-electron chi connectivity index (χ2n) is 5.58. The molecule has 6 heteroatoms. The lowest BCUT2D eigenvalue weighted by Gasteiger charge is -2.35. The van der Waals surface area contributed by atoms with Gasteiger partial charge < -0.3 is 19.9 Å². The van der Waals surface area contributed by atoms with Crippen LogP contribution in [0.4, 0.5) is 0 Å². The Hall–Kier alpha value is -2.76. The molecule has 2 N–H and O–H groups in total. The van der Waals surface area contributed by atoms with Crippen molar-refractivity contribution >= 4 is 11.8 Å². The van der Waals surface area contributed by atoms with Crippen LogP contribution in [0.1, 0.15) is 29.0 Å². The number of rotatable bonds is 4. The molecule has 0 radical (unpaired) electrons. The van der Waals surface area contributed by atoms with Gasteiger partial charge in [-0.15, -0.1) is 0 Å². The molecule has 1 unspecified atom stereocenters. The van der Waals surface area contributed by atoms with Crippen molar-refractivity contribution in [1.82, 2.24) is 9.47 Å². The summed E-state index contributed by atoms with van der Waals surface area (Å²) in [4.78, 5) is 25.3. The maximum absolute atomic E-state index is 12.7. The number of fused-ring (bicyclic) bond motifs is 1. The maximum atomic E-state index is 12.7. The molecule has 0 saturated heterocycles. The maximum Gasteiger partial charge on any atom is 0.255 e. The van der Waals surface area contributed by atoms with E-state index in [0.717, 1.165) is 12.2 Å². The van der Waals surface area contributed by atoms with Crippen LogP contribution in [0.2, 0.25) is 0 Å². The fraction of sp³-hybridized carbons (Fsp3) is 0.294. The number of hydrogen-bond donors (Lipinski definition) is 1. The quantitative estimate of drug-likeness (QED) is 0.930. The second-order valence-corrected chi connectivity index (χ2v) is 5.58. The van der Waals surface area contributed by atoms with E-state index in [1.165, 1.54) is 0 Å². The van der Waals surface area contributed by atoms with Gasteiger partial charge in [-0.05, 0) is 43.3 Å². The van der Waals surface area contributed by atoms with Crippen LogP contribution in [0.15, 0.2) is 42.6 Å². The predicted octanol–water partition coefficient (Wildman–Crippen LogP) is 1.57. The van der Waals surface area contributed by atoms with Crippen molar-refractivity contribution in [3.8, 4) is 5.75 Å². The number of aromatic nitrogens is 1. The highest BCUT2D eigenvalue weighted by Crippen LogP contribution is 2.27. The molecule has 0 aliphatic carbocycles. The van der Waals surface area contributed by atoms with E-state index in [1.807, 2.05) is 30.2 Å². The summed E-state index contributed by atoms with van der Waals surface area (Å²) in [5.41, 5.74) is 6.78. The van der Waals surface area contributed by atoms with E-state index in [2.05, 4.69) is 4.57 Å². The number of carbonyl (C=O) groups is 2. The van der Waals surface area contributed by atoms with Crippen molar-refractivity contribution in [2.45, 2.75) is 19.5 Å². The molecule has 1 aromatic carbocycles. The summed E-state index contributed by atoms with van der Waals surface area (Å²) in [5, 5.41) is 0. The van der Waals surface area contributed by atoms with Crippen LogP contribution in [0.5, 0.6) is 5.75 Å². The Bertz CT molecular complexity index is 721. The van der Waals surface area contributed by atoms with Gasteiger partial charge in [-0.3, -0.25) is 9.59 Å². The lowest BCUT2D eigenvalue weighted by atomic mass is 10.1. The van der Waals surface area contributed by atoms with E-state index in [0.29, 0.717) is 17.9 Å². The number of carbonyl (C=O) groups excluding carboxylic acids is 2. The van der Waals surface area contributed by atoms with Crippen LogP contribution < -0.4 is 10.5 Å². The first-order valence-electron chi connectivity index (χ1n) is 7.53. The third-order valence-electron chi connectivity index (χ3n) is 4.09. The van der Waals surface area contributed by atoms with E-state index in [9.17, 15) is 9.59 Å². The SMILES string of the molecule is CC1c2cccn2CCN1C(=O)c1ccc(OCC(N)=O)cc1. The number of benzene rings is 1. The molecule has 1 aliphatic heterocycles. The van der Waals surface area contributed by atoms with Crippen molar-refractivity contribution in [1.29, 1.82) is 0 Å². The molecule has 23 heavy (non-hydrogen) atoms. The van der Waals surface area contributed by atoms with Gasteiger partial charge in [-0.25, -0.2) is 0 Å². The highest BCUT2D eigenvalue weighted by Gasteiger charge is 2.27. The van der Waals surface area contributed by atoms with E-state index in [-0.39, 0.29) is 18.6 Å². The fourth-order valence-corrected chi connectivity index (χ4v) is 2.87. The molecule has 1 atom stereocenters. The molecular weight excluding hydrogens is 294 g/mol. The molecule has 6 nitrogen and oxygen atoms in total. The number of primary amides is 1. The van der Waals surface area contributed by atoms with Gasteiger partial charge in [0.1, 0.15) is 5.75 Å². The van der Waals surface area contributed by atoms with Crippen molar-refractivity contribution < 1.29 is 14.3 Å². The van der Waals surface area contributed by atoms with Crippen LogP contribution >= 0.6 is 0 Å². The molecule has 1 aromatic heterocycles. The van der Waals surface area contributed by atoms with E-state index < -0.39 is 5.91 Å². The Morgan fingerprint density at radius 2 is 1.96 bits per heavy atom. The van der Waals surface area contributed by atoms with Gasteiger partial charge >= 0.3 is 0 Å². The molecular formula is C17H19N3O3. The molecule has 0 bridgehead atoms. The van der Waals surface area contributed by atoms with Crippen LogP contribution in [-0.2, 0) is 11.3 Å². The molecule has 2 aromatic rings. The number of ether oxygens (including phenoxy) is 1. The van der Waals surface area contributed by atoms with Gasteiger partial charge in [-0.2, -0.15) is 0 Å². The first-order chi connectivity index (χ1) is 11.1. The number of amides is 2. The molecule has 2 heterocycles. The van der Waals surface area contributed by atoms with Crippen LogP contribution in [-0.4, -0.2) is 34.4 Å². The summed E-state index contributed by atoms with van der Waals surface area (Å²) < 4.78 is 7.38. The summed E-state index contributed by atoms with van der Waals surface area (Å²) >= 11 is 0. The normalized spacial score (nSPS) is 16.7. The smallest absolute Gasteiger partial charge is 0.255 e. The van der Waals surface area contributed by atoms with Gasteiger partial charge in [0.2, 0.25) is 0 Å². The van der Waals surface area contributed by atoms with Crippen molar-refractivity contribution in [2.24, 2.45) is 5.73 Å². The van der Waals surface area contributed by atoms with E-state index in [1.54, 1.807) is 24.3 Å². The largest absolute Gasteiger partial charge is 0.484 e. The van der Waals surface area contributed by atoms with Crippen LogP contribution in [0, 0.1) is 0 Å². The standard InChI is InChI=1S/C17H19N3O3/c1-12-15-3-2-8-19(15)9-10-20(12)17(22)13-4-6-14(7-5-13)23-11-16(18)21/h2-8,12H,9-11H2,1H3,(H2,18,21). The third-order valence-corrected chi connectivity index (χ3v) is 4.09. The van der Waals surface area contributed by atoms with Gasteiger partial charge in [0.25, 0.3) is 11.8 Å². The van der Waals surface area contributed by atoms with Crippen molar-refractivity contribution in [3.05, 3.63) is 53.9 Å². The predicted molar refractivity (Wildman–Crippen MR) is 85.0 cm³/mol. The van der Waals surface area contributed by atoms with E-state index in [4.69, 9.17) is 10.5 Å². The molecule has 120 valence electrons. The summed E-state index contributed by atoms with van der Waals surface area (Å²) in [6, 6.07) is 10.9. The zero-order valence-corrected chi connectivity index (χ0v) is 12.9. The highest BCUT2D eigenvalue weighted by atomic mass is 16.5. The average Bonchev–Trinajstić information content (AvgIpc) is 3.03. The summed E-state index contributed by atoms with van der Waals surface area (Å²) in [6.45, 7) is 3.35. The Labute approximate surface area is 134 Å². The van der Waals surface area contributed by atoms with Crippen LogP contribution in [0.25, 0.3) is 0 Å². The molecule has 1 aliphatic rings. The third kappa shape index (κ3) is 3.06. The molecule has 0 fully saturated rings. The van der Waals surface area contributed by atoms with E-state index >= 15 is 0 Å². The zero-order chi connectivity index (χ0) is 16.4. The Morgan fingerprint density at radius 1 is 1.22 bits per heavy atom. The highest BCUT2D eigenvalue weighted by molar-refractivity contribution is 5.94. The Kier molecular flexibility index (Phi) is 4.06. The minimum atomic E-state index is -0.532. The molecule has 0 spiro atoms. The summed E-state index contributed by atoms with van der Waals surface area (Å²) in [6.07, 6.45) is 2.04. The summed E-state index contributed by atoms with van der Waals surface area (Å²) in [7, 11) is 0.